The second-order valence-corrected chi connectivity index (χ2v) is 7.65. The van der Waals surface area contributed by atoms with Crippen LogP contribution in [-0.2, 0) is 0 Å². The van der Waals surface area contributed by atoms with Crippen LogP contribution in [0.5, 0.6) is 5.75 Å². The molecule has 12 heteroatoms. The fourth-order valence-electron chi connectivity index (χ4n) is 3.90. The van der Waals surface area contributed by atoms with Crippen LogP contribution in [0.4, 0.5) is 11.5 Å². The second kappa shape index (κ2) is 8.73. The molecule has 0 bridgehead atoms. The van der Waals surface area contributed by atoms with Gasteiger partial charge in [-0.25, -0.2) is 9.97 Å². The summed E-state index contributed by atoms with van der Waals surface area (Å²) >= 11 is 0. The van der Waals surface area contributed by atoms with Crippen molar-refractivity contribution >= 4 is 28.6 Å². The number of fused-ring (bicyclic) bond motifs is 1. The molecule has 0 aliphatic carbocycles. The summed E-state index contributed by atoms with van der Waals surface area (Å²) in [6, 6.07) is 13.1. The van der Waals surface area contributed by atoms with Crippen molar-refractivity contribution in [3.63, 3.8) is 0 Å². The van der Waals surface area contributed by atoms with Gasteiger partial charge in [0.25, 0.3) is 11.6 Å². The number of amides is 1. The number of carbonyl (C=O) groups excluding carboxylic acids is 1. The van der Waals surface area contributed by atoms with Crippen molar-refractivity contribution in [3.8, 4) is 11.4 Å². The van der Waals surface area contributed by atoms with Crippen molar-refractivity contribution in [2.75, 3.05) is 38.2 Å². The Morgan fingerprint density at radius 3 is 2.35 bits per heavy atom. The van der Waals surface area contributed by atoms with Gasteiger partial charge in [0.05, 0.1) is 17.7 Å². The molecular formula is C22H20N8O4. The van der Waals surface area contributed by atoms with Crippen molar-refractivity contribution in [2.24, 2.45) is 0 Å². The molecule has 2 aromatic carbocycles. The molecule has 1 amide bonds. The molecule has 172 valence electrons. The van der Waals surface area contributed by atoms with Gasteiger partial charge in [-0.1, -0.05) is 5.21 Å². The van der Waals surface area contributed by atoms with Crippen LogP contribution in [0.3, 0.4) is 0 Å². The molecular weight excluding hydrogens is 440 g/mol. The summed E-state index contributed by atoms with van der Waals surface area (Å²) in [5, 5.41) is 19.4. The van der Waals surface area contributed by atoms with Crippen LogP contribution >= 0.6 is 0 Å². The lowest BCUT2D eigenvalue weighted by atomic mass is 10.1. The second-order valence-electron chi connectivity index (χ2n) is 7.65. The van der Waals surface area contributed by atoms with E-state index in [1.54, 1.807) is 16.7 Å². The molecule has 34 heavy (non-hydrogen) atoms. The number of non-ortho nitro benzene ring substituents is 1. The van der Waals surface area contributed by atoms with Crippen molar-refractivity contribution < 1.29 is 14.5 Å². The average molecular weight is 460 g/mol. The average Bonchev–Trinajstić information content (AvgIpc) is 3.33. The third-order valence-corrected chi connectivity index (χ3v) is 5.73. The van der Waals surface area contributed by atoms with E-state index < -0.39 is 4.92 Å². The molecule has 0 unspecified atom stereocenters. The number of aromatic nitrogens is 5. The number of anilines is 1. The molecule has 1 saturated heterocycles. The number of carbonyl (C=O) groups is 1. The molecule has 0 atom stereocenters. The molecule has 1 aliphatic heterocycles. The number of methoxy groups -OCH3 is 1. The fourth-order valence-corrected chi connectivity index (χ4v) is 3.90. The van der Waals surface area contributed by atoms with Gasteiger partial charge in [0.1, 0.15) is 12.1 Å². The van der Waals surface area contributed by atoms with E-state index in [9.17, 15) is 14.9 Å². The van der Waals surface area contributed by atoms with Crippen LogP contribution < -0.4 is 9.64 Å². The zero-order chi connectivity index (χ0) is 23.7. The van der Waals surface area contributed by atoms with E-state index in [1.165, 1.54) is 30.6 Å². The number of rotatable bonds is 5. The molecule has 0 radical (unpaired) electrons. The zero-order valence-corrected chi connectivity index (χ0v) is 18.2. The maximum absolute atomic E-state index is 12.8. The first kappa shape index (κ1) is 21.2. The Morgan fingerprint density at radius 1 is 1.00 bits per heavy atom. The molecule has 1 fully saturated rings. The van der Waals surface area contributed by atoms with E-state index >= 15 is 0 Å². The minimum atomic E-state index is -0.486. The normalized spacial score (nSPS) is 13.8. The van der Waals surface area contributed by atoms with E-state index in [0.29, 0.717) is 48.7 Å². The van der Waals surface area contributed by atoms with E-state index in [0.717, 1.165) is 11.4 Å². The van der Waals surface area contributed by atoms with Gasteiger partial charge in [0.15, 0.2) is 17.0 Å². The van der Waals surface area contributed by atoms with E-state index in [2.05, 4.69) is 25.2 Å². The fraction of sp³-hybridized carbons (Fsp3) is 0.227. The Kier molecular flexibility index (Phi) is 5.46. The maximum Gasteiger partial charge on any atom is 0.269 e. The molecule has 1 aliphatic rings. The Labute approximate surface area is 193 Å². The zero-order valence-electron chi connectivity index (χ0n) is 18.2. The predicted octanol–water partition coefficient (Wildman–Crippen LogP) is 2.09. The van der Waals surface area contributed by atoms with Crippen LogP contribution in [0.15, 0.2) is 54.9 Å². The summed E-state index contributed by atoms with van der Waals surface area (Å²) in [5.74, 6) is 1.24. The highest BCUT2D eigenvalue weighted by atomic mass is 16.6. The number of hydrogen-bond donors (Lipinski definition) is 0. The monoisotopic (exact) mass is 460 g/mol. The Hall–Kier alpha value is -4.61. The molecule has 2 aromatic heterocycles. The van der Waals surface area contributed by atoms with Gasteiger partial charge < -0.3 is 14.5 Å². The third-order valence-electron chi connectivity index (χ3n) is 5.73. The van der Waals surface area contributed by atoms with Crippen molar-refractivity contribution in [1.82, 2.24) is 29.9 Å². The Balaban J connectivity index is 1.32. The first-order chi connectivity index (χ1) is 16.5. The van der Waals surface area contributed by atoms with E-state index in [4.69, 9.17) is 4.74 Å². The van der Waals surface area contributed by atoms with Crippen LogP contribution in [-0.4, -0.2) is 74.0 Å². The predicted molar refractivity (Wildman–Crippen MR) is 122 cm³/mol. The molecule has 3 heterocycles. The summed E-state index contributed by atoms with van der Waals surface area (Å²) in [7, 11) is 1.61. The highest BCUT2D eigenvalue weighted by molar-refractivity contribution is 5.94. The van der Waals surface area contributed by atoms with Gasteiger partial charge in [-0.05, 0) is 36.4 Å². The summed E-state index contributed by atoms with van der Waals surface area (Å²) < 4.78 is 6.86. The lowest BCUT2D eigenvalue weighted by Gasteiger charge is -2.35. The van der Waals surface area contributed by atoms with Gasteiger partial charge in [-0.3, -0.25) is 14.9 Å². The number of hydrogen-bond acceptors (Lipinski definition) is 9. The van der Waals surface area contributed by atoms with Crippen LogP contribution in [0.2, 0.25) is 0 Å². The number of piperazine rings is 1. The topological polar surface area (TPSA) is 132 Å². The lowest BCUT2D eigenvalue weighted by molar-refractivity contribution is -0.384. The highest BCUT2D eigenvalue weighted by Crippen LogP contribution is 2.25. The van der Waals surface area contributed by atoms with Gasteiger partial charge in [-0.2, -0.15) is 4.68 Å². The number of nitro benzene ring substituents is 1. The molecule has 4 aromatic rings. The summed E-state index contributed by atoms with van der Waals surface area (Å²) in [4.78, 5) is 35.8. The standard InChI is InChI=1S/C22H20N8O4/c1-34-18-8-6-16(7-9-18)29-21-19(25-26-29)20(23-14-24-21)27-10-12-28(13-11-27)22(31)15-2-4-17(5-3-15)30(32)33/h2-9,14H,10-13H2,1H3. The third kappa shape index (κ3) is 3.85. The number of nitrogens with zero attached hydrogens (tertiary/aromatic N) is 8. The van der Waals surface area contributed by atoms with Crippen LogP contribution in [0, 0.1) is 10.1 Å². The van der Waals surface area contributed by atoms with Gasteiger partial charge in [0.2, 0.25) is 0 Å². The van der Waals surface area contributed by atoms with Crippen molar-refractivity contribution in [2.45, 2.75) is 0 Å². The van der Waals surface area contributed by atoms with E-state index in [1.807, 2.05) is 24.3 Å². The van der Waals surface area contributed by atoms with Crippen molar-refractivity contribution in [1.29, 1.82) is 0 Å². The molecule has 0 N–H and O–H groups in total. The van der Waals surface area contributed by atoms with Gasteiger partial charge in [0, 0.05) is 43.9 Å². The summed E-state index contributed by atoms with van der Waals surface area (Å²) in [5.41, 5.74) is 2.34. The molecule has 5 rings (SSSR count). The van der Waals surface area contributed by atoms with Crippen molar-refractivity contribution in [3.05, 3.63) is 70.5 Å². The molecule has 0 spiro atoms. The SMILES string of the molecule is COc1ccc(-n2nnc3c(N4CCN(C(=O)c5ccc([N+](=O)[O-])cc5)CC4)ncnc32)cc1. The van der Waals surface area contributed by atoms with Crippen LogP contribution in [0.25, 0.3) is 16.9 Å². The number of nitro groups is 1. The number of benzene rings is 2. The van der Waals surface area contributed by atoms with Gasteiger partial charge in [-0.15, -0.1) is 5.10 Å². The highest BCUT2D eigenvalue weighted by Gasteiger charge is 2.26. The van der Waals surface area contributed by atoms with Gasteiger partial charge >= 0.3 is 0 Å². The smallest absolute Gasteiger partial charge is 0.269 e. The lowest BCUT2D eigenvalue weighted by Crippen LogP contribution is -2.49. The number of ether oxygens (including phenoxy) is 1. The minimum absolute atomic E-state index is 0.0446. The molecule has 0 saturated carbocycles. The quantitative estimate of drug-likeness (QED) is 0.324. The van der Waals surface area contributed by atoms with E-state index in [-0.39, 0.29) is 11.6 Å². The minimum Gasteiger partial charge on any atom is -0.497 e. The van der Waals surface area contributed by atoms with Crippen LogP contribution in [0.1, 0.15) is 10.4 Å². The Morgan fingerprint density at radius 2 is 1.71 bits per heavy atom. The molecule has 12 nitrogen and oxygen atoms in total. The first-order valence-electron chi connectivity index (χ1n) is 10.5. The summed E-state index contributed by atoms with van der Waals surface area (Å²) in [6.45, 7) is 2.07. The Bertz CT molecular complexity index is 1350. The largest absolute Gasteiger partial charge is 0.497 e. The maximum atomic E-state index is 12.8. The summed E-state index contributed by atoms with van der Waals surface area (Å²) in [6.07, 6.45) is 1.48. The first-order valence-corrected chi connectivity index (χ1v) is 10.5.